The highest BCUT2D eigenvalue weighted by atomic mass is 35.5. The van der Waals surface area contributed by atoms with E-state index in [9.17, 15) is 23.1 Å². The van der Waals surface area contributed by atoms with Gasteiger partial charge in [0.2, 0.25) is 9.84 Å². The summed E-state index contributed by atoms with van der Waals surface area (Å²) in [5.74, 6) is -2.26. The van der Waals surface area contributed by atoms with Crippen molar-refractivity contribution < 1.29 is 27.9 Å². The van der Waals surface area contributed by atoms with Crippen molar-refractivity contribution in [2.75, 3.05) is 11.5 Å². The Morgan fingerprint density at radius 1 is 1.00 bits per heavy atom. The fourth-order valence-corrected chi connectivity index (χ4v) is 5.54. The molecule has 1 aliphatic rings. The summed E-state index contributed by atoms with van der Waals surface area (Å²) < 4.78 is 32.1. The van der Waals surface area contributed by atoms with Crippen molar-refractivity contribution >= 4 is 39.0 Å². The van der Waals surface area contributed by atoms with Crippen molar-refractivity contribution in [2.24, 2.45) is 0 Å². The monoisotopic (exact) mass is 497 g/mol. The quantitative estimate of drug-likeness (QED) is 0.489. The Morgan fingerprint density at radius 3 is 2.21 bits per heavy atom. The number of ether oxygens (including phenoxy) is 1. The zero-order valence-electron chi connectivity index (χ0n) is 18.0. The van der Waals surface area contributed by atoms with E-state index in [0.29, 0.717) is 16.3 Å². The molecule has 0 aromatic heterocycles. The van der Waals surface area contributed by atoms with Gasteiger partial charge in [0.05, 0.1) is 17.1 Å². The van der Waals surface area contributed by atoms with E-state index in [2.05, 4.69) is 0 Å². The maximum absolute atomic E-state index is 13.5. The number of aliphatic hydroxyl groups is 1. The van der Waals surface area contributed by atoms with Crippen LogP contribution >= 0.6 is 11.6 Å². The molecule has 174 valence electrons. The zero-order valence-corrected chi connectivity index (χ0v) is 19.6. The zero-order chi connectivity index (χ0) is 24.5. The van der Waals surface area contributed by atoms with Crippen LogP contribution in [0.5, 0.6) is 0 Å². The summed E-state index contributed by atoms with van der Waals surface area (Å²) in [4.78, 5) is 25.9. The van der Waals surface area contributed by atoms with Crippen LogP contribution in [0.1, 0.15) is 28.9 Å². The van der Waals surface area contributed by atoms with Crippen molar-refractivity contribution in [1.29, 1.82) is 0 Å². The topological polar surface area (TPSA) is 101 Å². The smallest absolute Gasteiger partial charge is 0.338 e. The summed E-state index contributed by atoms with van der Waals surface area (Å²) >= 11 is 6.02. The number of benzene rings is 3. The van der Waals surface area contributed by atoms with Gasteiger partial charge in [-0.1, -0.05) is 41.9 Å². The average molecular weight is 498 g/mol. The molecule has 1 atom stereocenters. The highest BCUT2D eigenvalue weighted by Crippen LogP contribution is 2.45. The number of hydrogen-bond donors (Lipinski definition) is 1. The van der Waals surface area contributed by atoms with E-state index >= 15 is 0 Å². The molecule has 1 heterocycles. The molecule has 0 fully saturated rings. The third kappa shape index (κ3) is 4.18. The van der Waals surface area contributed by atoms with Gasteiger partial charge in [-0.05, 0) is 61.0 Å². The van der Waals surface area contributed by atoms with Crippen molar-refractivity contribution in [3.8, 4) is 0 Å². The van der Waals surface area contributed by atoms with Gasteiger partial charge < -0.3 is 9.84 Å². The Balaban J connectivity index is 1.85. The molecule has 1 N–H and O–H groups in total. The molecule has 9 heteroatoms. The van der Waals surface area contributed by atoms with Crippen LogP contribution in [0, 0.1) is 0 Å². The van der Waals surface area contributed by atoms with E-state index in [4.69, 9.17) is 16.3 Å². The minimum Gasteiger partial charge on any atom is -0.502 e. The average Bonchev–Trinajstić information content (AvgIpc) is 3.11. The van der Waals surface area contributed by atoms with Crippen LogP contribution in [-0.4, -0.2) is 32.0 Å². The standard InChI is InChI=1S/C25H20ClNO6S/c1-2-33-25(30)17-10-14-19(15-11-17)27-21(16-8-12-18(26)13-9-16)23(22(28)24(27)29)34(31,32)20-6-4-3-5-7-20/h3-15,21,28H,2H2,1H3/t21-/m1/s1. The summed E-state index contributed by atoms with van der Waals surface area (Å²) in [7, 11) is -4.24. The predicted molar refractivity (Wildman–Crippen MR) is 127 cm³/mol. The Kier molecular flexibility index (Phi) is 6.45. The highest BCUT2D eigenvalue weighted by Gasteiger charge is 2.47. The predicted octanol–water partition coefficient (Wildman–Crippen LogP) is 4.85. The fourth-order valence-electron chi connectivity index (χ4n) is 3.77. The van der Waals surface area contributed by atoms with Crippen molar-refractivity contribution in [2.45, 2.75) is 17.9 Å². The number of amides is 1. The molecule has 0 spiro atoms. The van der Waals surface area contributed by atoms with Gasteiger partial charge in [-0.3, -0.25) is 9.69 Å². The number of rotatable bonds is 6. The molecular weight excluding hydrogens is 478 g/mol. The molecule has 1 aliphatic heterocycles. The molecule has 4 rings (SSSR count). The number of nitrogens with zero attached hydrogens (tertiary/aromatic N) is 1. The first-order chi connectivity index (χ1) is 16.3. The summed E-state index contributed by atoms with van der Waals surface area (Å²) in [5, 5.41) is 11.2. The maximum Gasteiger partial charge on any atom is 0.338 e. The van der Waals surface area contributed by atoms with Crippen LogP contribution in [0.3, 0.4) is 0 Å². The number of hydrogen-bond acceptors (Lipinski definition) is 6. The molecule has 3 aromatic rings. The normalized spacial score (nSPS) is 16.1. The lowest BCUT2D eigenvalue weighted by atomic mass is 10.1. The van der Waals surface area contributed by atoms with Gasteiger partial charge in [-0.2, -0.15) is 0 Å². The number of carbonyl (C=O) groups is 2. The maximum atomic E-state index is 13.5. The minimum atomic E-state index is -4.24. The second-order valence-corrected chi connectivity index (χ2v) is 9.78. The molecule has 0 radical (unpaired) electrons. The summed E-state index contributed by atoms with van der Waals surface area (Å²) in [5.41, 5.74) is 1.00. The van der Waals surface area contributed by atoms with Crippen LogP contribution in [0.4, 0.5) is 5.69 Å². The molecule has 0 saturated heterocycles. The number of halogens is 1. The molecule has 0 unspecified atom stereocenters. The summed E-state index contributed by atoms with van der Waals surface area (Å²) in [6, 6.07) is 18.7. The van der Waals surface area contributed by atoms with Crippen LogP contribution in [0.2, 0.25) is 5.02 Å². The van der Waals surface area contributed by atoms with E-state index in [1.165, 1.54) is 41.3 Å². The first kappa shape index (κ1) is 23.5. The van der Waals surface area contributed by atoms with Gasteiger partial charge in [0.25, 0.3) is 5.91 Å². The Morgan fingerprint density at radius 2 is 1.62 bits per heavy atom. The molecule has 34 heavy (non-hydrogen) atoms. The third-order valence-corrected chi connectivity index (χ3v) is 7.49. The van der Waals surface area contributed by atoms with Gasteiger partial charge >= 0.3 is 5.97 Å². The minimum absolute atomic E-state index is 0.0529. The molecular formula is C25H20ClNO6S. The van der Waals surface area contributed by atoms with E-state index in [-0.39, 0.29) is 17.1 Å². The van der Waals surface area contributed by atoms with Crippen LogP contribution < -0.4 is 4.90 Å². The fraction of sp³-hybridized carbons (Fsp3) is 0.120. The van der Waals surface area contributed by atoms with Gasteiger partial charge in [0.1, 0.15) is 10.9 Å². The number of esters is 1. The van der Waals surface area contributed by atoms with Gasteiger partial charge in [-0.25, -0.2) is 13.2 Å². The molecule has 7 nitrogen and oxygen atoms in total. The number of anilines is 1. The van der Waals surface area contributed by atoms with Crippen LogP contribution in [0.25, 0.3) is 0 Å². The Labute approximate surface area is 201 Å². The second-order valence-electron chi connectivity index (χ2n) is 7.43. The van der Waals surface area contributed by atoms with E-state index in [1.54, 1.807) is 49.4 Å². The number of carbonyl (C=O) groups excluding carboxylic acids is 2. The molecule has 1 amide bonds. The Bertz CT molecular complexity index is 1370. The summed E-state index contributed by atoms with van der Waals surface area (Å²) in [6.45, 7) is 1.90. The first-order valence-corrected chi connectivity index (χ1v) is 12.2. The first-order valence-electron chi connectivity index (χ1n) is 10.3. The Hall–Kier alpha value is -3.62. The van der Waals surface area contributed by atoms with Crippen molar-refractivity contribution in [1.82, 2.24) is 0 Å². The molecule has 3 aromatic carbocycles. The summed E-state index contributed by atoms with van der Waals surface area (Å²) in [6.07, 6.45) is 0. The molecule has 0 bridgehead atoms. The lowest BCUT2D eigenvalue weighted by molar-refractivity contribution is -0.117. The lowest BCUT2D eigenvalue weighted by Crippen LogP contribution is -2.31. The van der Waals surface area contributed by atoms with Gasteiger partial charge in [0.15, 0.2) is 5.76 Å². The highest BCUT2D eigenvalue weighted by molar-refractivity contribution is 7.95. The van der Waals surface area contributed by atoms with Gasteiger partial charge in [0, 0.05) is 10.7 Å². The van der Waals surface area contributed by atoms with Crippen LogP contribution in [-0.2, 0) is 19.4 Å². The third-order valence-electron chi connectivity index (χ3n) is 5.35. The number of sulfone groups is 1. The number of aliphatic hydroxyl groups excluding tert-OH is 1. The van der Waals surface area contributed by atoms with Crippen molar-refractivity contribution in [3.05, 3.63) is 106 Å². The SMILES string of the molecule is CCOC(=O)c1ccc(N2C(=O)C(O)=C(S(=O)(=O)c3ccccc3)[C@H]2c2ccc(Cl)cc2)cc1. The lowest BCUT2D eigenvalue weighted by Gasteiger charge is -2.27. The van der Waals surface area contributed by atoms with Gasteiger partial charge in [-0.15, -0.1) is 0 Å². The van der Waals surface area contributed by atoms with E-state index in [1.807, 2.05) is 0 Å². The van der Waals surface area contributed by atoms with E-state index in [0.717, 1.165) is 0 Å². The van der Waals surface area contributed by atoms with Crippen LogP contribution in [0.15, 0.2) is 94.4 Å². The largest absolute Gasteiger partial charge is 0.502 e. The van der Waals surface area contributed by atoms with E-state index < -0.39 is 38.4 Å². The molecule has 0 saturated carbocycles. The van der Waals surface area contributed by atoms with Crippen molar-refractivity contribution in [3.63, 3.8) is 0 Å². The molecule has 0 aliphatic carbocycles. The second kappa shape index (κ2) is 9.32.